The van der Waals surface area contributed by atoms with Gasteiger partial charge in [0.05, 0.1) is 0 Å². The average Bonchev–Trinajstić information content (AvgIpc) is 3.16. The van der Waals surface area contributed by atoms with Crippen molar-refractivity contribution in [3.8, 4) is 0 Å². The number of nitrogens with zero attached hydrogens (tertiary/aromatic N) is 3. The number of carbonyl (C=O) groups is 1. The smallest absolute Gasteiger partial charge is 0.223 e. The molecule has 0 atom stereocenters. The maximum atomic E-state index is 12.7. The molecule has 0 unspecified atom stereocenters. The van der Waals surface area contributed by atoms with E-state index in [1.807, 2.05) is 14.1 Å². The van der Waals surface area contributed by atoms with Crippen LogP contribution in [0.15, 0.2) is 54.7 Å². The molecule has 4 rings (SSSR count). The third kappa shape index (κ3) is 4.93. The number of nitrogens with one attached hydrogen (secondary N) is 1. The lowest BCUT2D eigenvalue weighted by atomic mass is 9.95. The first-order valence-electron chi connectivity index (χ1n) is 11.4. The van der Waals surface area contributed by atoms with Crippen LogP contribution >= 0.6 is 0 Å². The van der Waals surface area contributed by atoms with Crippen molar-refractivity contribution in [3.63, 3.8) is 0 Å². The van der Waals surface area contributed by atoms with E-state index in [4.69, 9.17) is 0 Å². The molecule has 0 radical (unpaired) electrons. The summed E-state index contributed by atoms with van der Waals surface area (Å²) in [7, 11) is 4.07. The Morgan fingerprint density at radius 3 is 2.45 bits per heavy atom. The summed E-state index contributed by atoms with van der Waals surface area (Å²) < 4.78 is 2.33. The average molecular weight is 419 g/mol. The number of likely N-dealkylation sites (tertiary alicyclic amines) is 1. The number of rotatable bonds is 7. The first-order valence-corrected chi connectivity index (χ1v) is 11.4. The standard InChI is InChI=1S/C26H34N4O/c1-4-30-19-22(24-7-5-6-8-25(24)30)18-29-15-13-21(14-16-29)26(31)27-17-20-9-11-23(12-10-20)28(2)3/h5-12,19,21H,4,13-18H2,1-3H3,(H,27,31). The number of aryl methyl sites for hydroxylation is 1. The van der Waals surface area contributed by atoms with Gasteiger partial charge >= 0.3 is 0 Å². The minimum absolute atomic E-state index is 0.120. The summed E-state index contributed by atoms with van der Waals surface area (Å²) >= 11 is 0. The highest BCUT2D eigenvalue weighted by molar-refractivity contribution is 5.84. The third-order valence-electron chi connectivity index (χ3n) is 6.48. The number of piperidine rings is 1. The Kier molecular flexibility index (Phi) is 6.62. The van der Waals surface area contributed by atoms with Crippen LogP contribution in [0, 0.1) is 5.92 Å². The van der Waals surface area contributed by atoms with Crippen LogP contribution in [0.1, 0.15) is 30.9 Å². The van der Waals surface area contributed by atoms with Crippen LogP contribution in [0.25, 0.3) is 10.9 Å². The minimum atomic E-state index is 0.120. The number of hydrogen-bond donors (Lipinski definition) is 1. The van der Waals surface area contributed by atoms with E-state index in [0.717, 1.165) is 44.6 Å². The first-order chi connectivity index (χ1) is 15.0. The van der Waals surface area contributed by atoms with E-state index in [1.165, 1.54) is 22.2 Å². The van der Waals surface area contributed by atoms with Crippen molar-refractivity contribution in [2.24, 2.45) is 5.92 Å². The predicted octanol–water partition coefficient (Wildman–Crippen LogP) is 4.26. The molecule has 2 aromatic carbocycles. The van der Waals surface area contributed by atoms with E-state index in [-0.39, 0.29) is 11.8 Å². The van der Waals surface area contributed by atoms with Gasteiger partial charge in [-0.05, 0) is 62.2 Å². The predicted molar refractivity (Wildman–Crippen MR) is 128 cm³/mol. The molecular weight excluding hydrogens is 384 g/mol. The number of aromatic nitrogens is 1. The Bertz CT molecular complexity index is 1010. The van der Waals surface area contributed by atoms with E-state index >= 15 is 0 Å². The van der Waals surface area contributed by atoms with Gasteiger partial charge in [-0.1, -0.05) is 30.3 Å². The van der Waals surface area contributed by atoms with E-state index in [0.29, 0.717) is 6.54 Å². The molecule has 5 heteroatoms. The van der Waals surface area contributed by atoms with Gasteiger partial charge in [0.1, 0.15) is 0 Å². The van der Waals surface area contributed by atoms with Gasteiger partial charge in [-0.2, -0.15) is 0 Å². The number of amides is 1. The number of carbonyl (C=O) groups excluding carboxylic acids is 1. The lowest BCUT2D eigenvalue weighted by Crippen LogP contribution is -2.40. The number of para-hydroxylation sites is 1. The van der Waals surface area contributed by atoms with Crippen molar-refractivity contribution >= 4 is 22.5 Å². The van der Waals surface area contributed by atoms with Crippen LogP contribution in [0.5, 0.6) is 0 Å². The molecule has 1 aliphatic rings. The Morgan fingerprint density at radius 2 is 1.77 bits per heavy atom. The lowest BCUT2D eigenvalue weighted by Gasteiger charge is -2.31. The molecule has 0 bridgehead atoms. The summed E-state index contributed by atoms with van der Waals surface area (Å²) in [5, 5.41) is 4.49. The second kappa shape index (κ2) is 9.56. The second-order valence-corrected chi connectivity index (χ2v) is 8.79. The summed E-state index contributed by atoms with van der Waals surface area (Å²) in [5.41, 5.74) is 5.02. The molecule has 1 aliphatic heterocycles. The van der Waals surface area contributed by atoms with Crippen molar-refractivity contribution < 1.29 is 4.79 Å². The van der Waals surface area contributed by atoms with Crippen LogP contribution in [0.2, 0.25) is 0 Å². The Hall–Kier alpha value is -2.79. The maximum Gasteiger partial charge on any atom is 0.223 e. The molecule has 164 valence electrons. The van der Waals surface area contributed by atoms with E-state index in [1.54, 1.807) is 0 Å². The highest BCUT2D eigenvalue weighted by Crippen LogP contribution is 2.25. The summed E-state index contributed by atoms with van der Waals surface area (Å²) in [6.07, 6.45) is 4.15. The Labute approximate surface area is 185 Å². The van der Waals surface area contributed by atoms with Gasteiger partial charge in [0.2, 0.25) is 5.91 Å². The lowest BCUT2D eigenvalue weighted by molar-refractivity contribution is -0.126. The summed E-state index contributed by atoms with van der Waals surface area (Å²) in [6.45, 7) is 6.68. The third-order valence-corrected chi connectivity index (χ3v) is 6.48. The zero-order valence-electron chi connectivity index (χ0n) is 19.0. The van der Waals surface area contributed by atoms with E-state index in [9.17, 15) is 4.79 Å². The van der Waals surface area contributed by atoms with Crippen molar-refractivity contribution in [3.05, 3.63) is 65.9 Å². The van der Waals surface area contributed by atoms with Gasteiger partial charge in [-0.25, -0.2) is 0 Å². The van der Waals surface area contributed by atoms with Crippen LogP contribution in [-0.2, 0) is 24.4 Å². The quantitative estimate of drug-likeness (QED) is 0.623. The fraction of sp³-hybridized carbons (Fsp3) is 0.423. The van der Waals surface area contributed by atoms with Gasteiger partial charge in [-0.15, -0.1) is 0 Å². The number of hydrogen-bond acceptors (Lipinski definition) is 3. The maximum absolute atomic E-state index is 12.7. The molecule has 1 aromatic heterocycles. The molecule has 3 aromatic rings. The molecule has 31 heavy (non-hydrogen) atoms. The van der Waals surface area contributed by atoms with Crippen LogP contribution in [0.4, 0.5) is 5.69 Å². The normalized spacial score (nSPS) is 15.3. The van der Waals surface area contributed by atoms with Gasteiger partial charge in [0.25, 0.3) is 0 Å². The largest absolute Gasteiger partial charge is 0.378 e. The monoisotopic (exact) mass is 418 g/mol. The summed E-state index contributed by atoms with van der Waals surface area (Å²) in [6, 6.07) is 17.0. The Morgan fingerprint density at radius 1 is 1.06 bits per heavy atom. The molecule has 2 heterocycles. The number of anilines is 1. The number of fused-ring (bicyclic) bond motifs is 1. The fourth-order valence-corrected chi connectivity index (χ4v) is 4.55. The van der Waals surface area contributed by atoms with Gasteiger partial charge < -0.3 is 14.8 Å². The summed E-state index contributed by atoms with van der Waals surface area (Å²) in [4.78, 5) is 17.3. The van der Waals surface area contributed by atoms with Gasteiger partial charge in [0, 0.05) is 62.4 Å². The van der Waals surface area contributed by atoms with Gasteiger partial charge in [-0.3, -0.25) is 9.69 Å². The molecule has 0 saturated carbocycles. The van der Waals surface area contributed by atoms with Crippen LogP contribution in [0.3, 0.4) is 0 Å². The zero-order valence-corrected chi connectivity index (χ0v) is 19.0. The first kappa shape index (κ1) is 21.4. The van der Waals surface area contributed by atoms with Crippen LogP contribution < -0.4 is 10.2 Å². The topological polar surface area (TPSA) is 40.5 Å². The molecule has 1 amide bonds. The molecule has 0 spiro atoms. The molecule has 1 N–H and O–H groups in total. The highest BCUT2D eigenvalue weighted by atomic mass is 16.1. The second-order valence-electron chi connectivity index (χ2n) is 8.79. The zero-order chi connectivity index (χ0) is 21.8. The van der Waals surface area contributed by atoms with Crippen LogP contribution in [-0.4, -0.2) is 42.6 Å². The number of benzene rings is 2. The summed E-state index contributed by atoms with van der Waals surface area (Å²) in [5.74, 6) is 0.313. The molecule has 0 aliphatic carbocycles. The van der Waals surface area contributed by atoms with E-state index < -0.39 is 0 Å². The highest BCUT2D eigenvalue weighted by Gasteiger charge is 2.25. The minimum Gasteiger partial charge on any atom is -0.378 e. The van der Waals surface area contributed by atoms with Gasteiger partial charge in [0.15, 0.2) is 0 Å². The molecule has 5 nitrogen and oxygen atoms in total. The van der Waals surface area contributed by atoms with Crippen molar-refractivity contribution in [1.82, 2.24) is 14.8 Å². The van der Waals surface area contributed by atoms with Crippen molar-refractivity contribution in [2.45, 2.75) is 39.4 Å². The Balaban J connectivity index is 1.28. The van der Waals surface area contributed by atoms with Crippen molar-refractivity contribution in [2.75, 3.05) is 32.1 Å². The SMILES string of the molecule is CCn1cc(CN2CCC(C(=O)NCc3ccc(N(C)C)cc3)CC2)c2ccccc21. The van der Waals surface area contributed by atoms with E-state index in [2.05, 4.69) is 81.3 Å². The van der Waals surface area contributed by atoms with Crippen molar-refractivity contribution in [1.29, 1.82) is 0 Å². The molecule has 1 saturated heterocycles. The molecular formula is C26H34N4O. The molecule has 1 fully saturated rings. The fourth-order valence-electron chi connectivity index (χ4n) is 4.55.